The molecule has 1 saturated carbocycles. The van der Waals surface area contributed by atoms with Crippen molar-refractivity contribution in [1.29, 1.82) is 0 Å². The maximum atomic E-state index is 13.7. The molecule has 6 nitrogen and oxygen atoms in total. The van der Waals surface area contributed by atoms with Crippen molar-refractivity contribution in [2.75, 3.05) is 13.1 Å². The summed E-state index contributed by atoms with van der Waals surface area (Å²) in [6.07, 6.45) is 3.86. The Labute approximate surface area is 228 Å². The van der Waals surface area contributed by atoms with Gasteiger partial charge in [0.2, 0.25) is 11.8 Å². The minimum Gasteiger partial charge on any atom is -0.464 e. The summed E-state index contributed by atoms with van der Waals surface area (Å²) in [5.41, 5.74) is 3.77. The molecule has 2 amide bonds. The van der Waals surface area contributed by atoms with Crippen molar-refractivity contribution in [2.45, 2.75) is 32.4 Å². The van der Waals surface area contributed by atoms with Gasteiger partial charge in [-0.3, -0.25) is 14.4 Å². The highest BCUT2D eigenvalue weighted by molar-refractivity contribution is 5.88. The van der Waals surface area contributed by atoms with Crippen LogP contribution in [0.15, 0.2) is 107 Å². The van der Waals surface area contributed by atoms with Crippen molar-refractivity contribution in [2.24, 2.45) is 5.92 Å². The van der Waals surface area contributed by atoms with Gasteiger partial charge >= 0.3 is 0 Å². The lowest BCUT2D eigenvalue weighted by Gasteiger charge is -2.27. The van der Waals surface area contributed by atoms with Crippen molar-refractivity contribution in [1.82, 2.24) is 9.80 Å². The first-order valence-electron chi connectivity index (χ1n) is 13.2. The van der Waals surface area contributed by atoms with Crippen molar-refractivity contribution in [3.8, 4) is 0 Å². The van der Waals surface area contributed by atoms with Gasteiger partial charge in [0, 0.05) is 19.0 Å². The summed E-state index contributed by atoms with van der Waals surface area (Å²) < 4.78 is 5.75. The lowest BCUT2D eigenvalue weighted by atomic mass is 10.1. The van der Waals surface area contributed by atoms with Gasteiger partial charge in [0.15, 0.2) is 5.43 Å². The molecule has 1 aliphatic carbocycles. The van der Waals surface area contributed by atoms with E-state index in [2.05, 4.69) is 6.58 Å². The molecule has 1 heterocycles. The van der Waals surface area contributed by atoms with Gasteiger partial charge in [0.1, 0.15) is 12.1 Å². The Bertz CT molecular complexity index is 1540. The van der Waals surface area contributed by atoms with Gasteiger partial charge < -0.3 is 14.2 Å². The molecule has 0 bridgehead atoms. The van der Waals surface area contributed by atoms with Gasteiger partial charge in [-0.25, -0.2) is 0 Å². The fourth-order valence-electron chi connectivity index (χ4n) is 5.06. The number of carbonyl (C=O) groups is 2. The van der Waals surface area contributed by atoms with E-state index >= 15 is 0 Å². The van der Waals surface area contributed by atoms with Crippen LogP contribution < -0.4 is 5.43 Å². The minimum atomic E-state index is -0.241. The highest BCUT2D eigenvalue weighted by atomic mass is 16.3. The summed E-state index contributed by atoms with van der Waals surface area (Å²) in [5.74, 6) is -0.252. The van der Waals surface area contributed by atoms with E-state index in [1.807, 2.05) is 73.7 Å². The molecule has 39 heavy (non-hydrogen) atoms. The maximum Gasteiger partial charge on any atom is 0.242 e. The van der Waals surface area contributed by atoms with Crippen LogP contribution in [0.4, 0.5) is 0 Å². The van der Waals surface area contributed by atoms with Crippen molar-refractivity contribution < 1.29 is 14.0 Å². The second-order valence-electron chi connectivity index (χ2n) is 10.2. The SMILES string of the molecule is C=CCN(CC(=O)N(Cc1ccccc1)Cc1coc2ccc(C)cc2c1=O)C(=O)C1CC1c1ccccc1. The molecule has 3 aromatic carbocycles. The Balaban J connectivity index is 1.37. The molecular formula is C33H32N2O4. The Morgan fingerprint density at radius 1 is 0.974 bits per heavy atom. The third kappa shape index (κ3) is 6.01. The van der Waals surface area contributed by atoms with Crippen LogP contribution in [-0.4, -0.2) is 34.7 Å². The van der Waals surface area contributed by atoms with Crippen molar-refractivity contribution in [3.63, 3.8) is 0 Å². The zero-order chi connectivity index (χ0) is 27.4. The summed E-state index contributed by atoms with van der Waals surface area (Å²) in [6, 6.07) is 25.1. The zero-order valence-electron chi connectivity index (χ0n) is 22.1. The minimum absolute atomic E-state index is 0.0440. The van der Waals surface area contributed by atoms with Gasteiger partial charge in [-0.2, -0.15) is 0 Å². The van der Waals surface area contributed by atoms with Gasteiger partial charge in [0.05, 0.1) is 23.8 Å². The molecule has 2 atom stereocenters. The van der Waals surface area contributed by atoms with E-state index in [1.54, 1.807) is 28.0 Å². The summed E-state index contributed by atoms with van der Waals surface area (Å²) in [5, 5.41) is 0.490. The molecule has 0 radical (unpaired) electrons. The quantitative estimate of drug-likeness (QED) is 0.261. The van der Waals surface area contributed by atoms with Crippen LogP contribution in [0.2, 0.25) is 0 Å². The average molecular weight is 521 g/mol. The number of benzene rings is 3. The number of rotatable bonds is 10. The average Bonchev–Trinajstić information content (AvgIpc) is 3.76. The van der Waals surface area contributed by atoms with E-state index in [1.165, 1.54) is 6.26 Å². The number of amides is 2. The molecule has 0 aliphatic heterocycles. The van der Waals surface area contributed by atoms with Crippen LogP contribution in [0, 0.1) is 12.8 Å². The topological polar surface area (TPSA) is 70.8 Å². The number of carbonyl (C=O) groups excluding carboxylic acids is 2. The van der Waals surface area contributed by atoms with Crippen LogP contribution in [-0.2, 0) is 22.7 Å². The molecule has 6 heteroatoms. The second kappa shape index (κ2) is 11.5. The van der Waals surface area contributed by atoms with Gasteiger partial charge in [-0.1, -0.05) is 78.4 Å². The first kappa shape index (κ1) is 26.2. The predicted octanol–water partition coefficient (Wildman–Crippen LogP) is 5.45. The Morgan fingerprint density at radius 2 is 1.69 bits per heavy atom. The van der Waals surface area contributed by atoms with Gasteiger partial charge in [-0.15, -0.1) is 6.58 Å². The lowest BCUT2D eigenvalue weighted by molar-refractivity contribution is -0.141. The summed E-state index contributed by atoms with van der Waals surface area (Å²) in [6.45, 7) is 6.29. The van der Waals surface area contributed by atoms with E-state index in [-0.39, 0.29) is 48.7 Å². The number of aryl methyl sites for hydroxylation is 1. The molecule has 0 saturated heterocycles. The summed E-state index contributed by atoms with van der Waals surface area (Å²) in [7, 11) is 0. The molecule has 1 aromatic heterocycles. The third-order valence-electron chi connectivity index (χ3n) is 7.25. The number of nitrogens with zero attached hydrogens (tertiary/aromatic N) is 2. The maximum absolute atomic E-state index is 13.7. The molecule has 1 aliphatic rings. The lowest BCUT2D eigenvalue weighted by Crippen LogP contribution is -2.43. The van der Waals surface area contributed by atoms with E-state index in [9.17, 15) is 14.4 Å². The normalized spacial score (nSPS) is 16.0. The number of hydrogen-bond acceptors (Lipinski definition) is 4. The zero-order valence-corrected chi connectivity index (χ0v) is 22.1. The Morgan fingerprint density at radius 3 is 2.41 bits per heavy atom. The monoisotopic (exact) mass is 520 g/mol. The number of fused-ring (bicyclic) bond motifs is 1. The summed E-state index contributed by atoms with van der Waals surface area (Å²) in [4.78, 5) is 43.7. The van der Waals surface area contributed by atoms with Crippen molar-refractivity contribution in [3.05, 3.63) is 130 Å². The third-order valence-corrected chi connectivity index (χ3v) is 7.25. The fourth-order valence-corrected chi connectivity index (χ4v) is 5.06. The Kier molecular flexibility index (Phi) is 7.73. The van der Waals surface area contributed by atoms with Crippen LogP contribution in [0.5, 0.6) is 0 Å². The van der Waals surface area contributed by atoms with E-state index in [0.717, 1.165) is 23.1 Å². The Hall–Kier alpha value is -4.45. The predicted molar refractivity (Wildman–Crippen MR) is 152 cm³/mol. The van der Waals surface area contributed by atoms with Crippen LogP contribution >= 0.6 is 0 Å². The molecular weight excluding hydrogens is 488 g/mol. The molecule has 4 aromatic rings. The first-order valence-corrected chi connectivity index (χ1v) is 13.2. The molecule has 0 spiro atoms. The van der Waals surface area contributed by atoms with E-state index < -0.39 is 0 Å². The fraction of sp³-hybridized carbons (Fsp3) is 0.242. The van der Waals surface area contributed by atoms with Crippen LogP contribution in [0.1, 0.15) is 34.6 Å². The van der Waals surface area contributed by atoms with Crippen LogP contribution in [0.3, 0.4) is 0 Å². The highest BCUT2D eigenvalue weighted by Gasteiger charge is 2.45. The number of hydrogen-bond donors (Lipinski definition) is 0. The molecule has 0 N–H and O–H groups in total. The first-order chi connectivity index (χ1) is 18.9. The van der Waals surface area contributed by atoms with Gasteiger partial charge in [-0.05, 0) is 42.5 Å². The molecule has 2 unspecified atom stereocenters. The highest BCUT2D eigenvalue weighted by Crippen LogP contribution is 2.48. The summed E-state index contributed by atoms with van der Waals surface area (Å²) >= 11 is 0. The van der Waals surface area contributed by atoms with Gasteiger partial charge in [0.25, 0.3) is 0 Å². The van der Waals surface area contributed by atoms with Crippen molar-refractivity contribution >= 4 is 22.8 Å². The molecule has 198 valence electrons. The standard InChI is InChI=1S/C33H32N2O4/c1-3-16-34(33(38)28-18-27(28)25-12-8-5-9-13-25)21-31(36)35(19-24-10-6-4-7-11-24)20-26-22-39-30-15-14-23(2)17-29(30)32(26)37/h3-15,17,22,27-28H,1,16,18-21H2,2H3. The molecule has 1 fully saturated rings. The van der Waals surface area contributed by atoms with Crippen LogP contribution in [0.25, 0.3) is 11.0 Å². The smallest absolute Gasteiger partial charge is 0.242 e. The van der Waals surface area contributed by atoms with E-state index in [4.69, 9.17) is 4.42 Å². The largest absolute Gasteiger partial charge is 0.464 e. The second-order valence-corrected chi connectivity index (χ2v) is 10.2. The molecule has 5 rings (SSSR count). The van der Waals surface area contributed by atoms with E-state index in [0.29, 0.717) is 23.1 Å².